The van der Waals surface area contributed by atoms with E-state index in [0.717, 1.165) is 19.4 Å². The van der Waals surface area contributed by atoms with Crippen molar-refractivity contribution in [3.8, 4) is 0 Å². The molecule has 80 valence electrons. The summed E-state index contributed by atoms with van der Waals surface area (Å²) in [5.41, 5.74) is 0. The fourth-order valence-electron chi connectivity index (χ4n) is 1.42. The number of unbranched alkanes of at least 4 members (excludes halogenated alkanes) is 2. The van der Waals surface area contributed by atoms with Gasteiger partial charge in [0.25, 0.3) is 0 Å². The second kappa shape index (κ2) is 6.19. The van der Waals surface area contributed by atoms with Crippen molar-refractivity contribution in [2.75, 3.05) is 0 Å². The van der Waals surface area contributed by atoms with Crippen LogP contribution >= 0.6 is 15.9 Å². The van der Waals surface area contributed by atoms with Crippen molar-refractivity contribution in [3.05, 3.63) is 18.7 Å². The second-order valence-corrected chi connectivity index (χ2v) is 4.66. The van der Waals surface area contributed by atoms with Gasteiger partial charge in [0.2, 0.25) is 6.33 Å². The predicted octanol–water partition coefficient (Wildman–Crippen LogP) is 1.59. The molecule has 0 aromatic carbocycles. The lowest BCUT2D eigenvalue weighted by Crippen LogP contribution is -2.23. The Morgan fingerprint density at radius 3 is 2.79 bits per heavy atom. The Kier molecular flexibility index (Phi) is 5.19. The molecule has 0 amide bonds. The first-order valence-electron chi connectivity index (χ1n) is 5.01. The van der Waals surface area contributed by atoms with Crippen LogP contribution < -0.4 is 4.57 Å². The summed E-state index contributed by atoms with van der Waals surface area (Å²) in [7, 11) is 2.03. The molecule has 0 aliphatic carbocycles. The molecule has 1 N–H and O–H groups in total. The molecule has 0 saturated carbocycles. The van der Waals surface area contributed by atoms with Gasteiger partial charge in [-0.05, 0) is 25.7 Å². The molecule has 1 unspecified atom stereocenters. The van der Waals surface area contributed by atoms with Crippen LogP contribution in [0.25, 0.3) is 0 Å². The van der Waals surface area contributed by atoms with Crippen molar-refractivity contribution >= 4 is 15.9 Å². The van der Waals surface area contributed by atoms with Crippen molar-refractivity contribution in [2.24, 2.45) is 7.05 Å². The first kappa shape index (κ1) is 11.7. The van der Waals surface area contributed by atoms with Crippen LogP contribution in [-0.4, -0.2) is 14.7 Å². The fourth-order valence-corrected chi connectivity index (χ4v) is 1.74. The van der Waals surface area contributed by atoms with Gasteiger partial charge >= 0.3 is 0 Å². The number of halogens is 1. The quantitative estimate of drug-likeness (QED) is 0.471. The van der Waals surface area contributed by atoms with Crippen LogP contribution in [0, 0.1) is 0 Å². The number of aromatic nitrogens is 2. The van der Waals surface area contributed by atoms with Crippen LogP contribution in [0.1, 0.15) is 25.7 Å². The van der Waals surface area contributed by atoms with E-state index in [4.69, 9.17) is 5.11 Å². The average molecular weight is 262 g/mol. The van der Waals surface area contributed by atoms with E-state index in [1.165, 1.54) is 12.8 Å². The number of aliphatic hydroxyl groups excluding tert-OH is 1. The van der Waals surface area contributed by atoms with E-state index in [1.54, 1.807) is 0 Å². The summed E-state index contributed by atoms with van der Waals surface area (Å²) < 4.78 is 4.23. The zero-order valence-electron chi connectivity index (χ0n) is 8.56. The third-order valence-corrected chi connectivity index (χ3v) is 2.64. The third kappa shape index (κ3) is 4.77. The Morgan fingerprint density at radius 2 is 2.21 bits per heavy atom. The van der Waals surface area contributed by atoms with Crippen molar-refractivity contribution in [2.45, 2.75) is 37.2 Å². The molecular formula is C10H18BrN2O+. The molecule has 0 fully saturated rings. The van der Waals surface area contributed by atoms with E-state index in [1.807, 2.05) is 17.8 Å². The molecule has 1 rings (SSSR count). The van der Waals surface area contributed by atoms with E-state index in [-0.39, 0.29) is 5.01 Å². The number of hydrogen-bond acceptors (Lipinski definition) is 1. The maximum Gasteiger partial charge on any atom is 0.243 e. The second-order valence-electron chi connectivity index (χ2n) is 3.60. The lowest BCUT2D eigenvalue weighted by molar-refractivity contribution is -0.671. The minimum atomic E-state index is -0.327. The first-order chi connectivity index (χ1) is 6.68. The third-order valence-electron chi connectivity index (χ3n) is 2.18. The molecule has 0 aliphatic rings. The zero-order chi connectivity index (χ0) is 10.4. The van der Waals surface area contributed by atoms with Crippen LogP contribution in [0.3, 0.4) is 0 Å². The lowest BCUT2D eigenvalue weighted by atomic mass is 10.2. The molecule has 0 aliphatic heterocycles. The number of nitrogens with zero attached hydrogens (tertiary/aromatic N) is 2. The van der Waals surface area contributed by atoms with Gasteiger partial charge in [0.05, 0.1) is 13.6 Å². The smallest absolute Gasteiger partial charge is 0.243 e. The van der Waals surface area contributed by atoms with Gasteiger partial charge in [0.1, 0.15) is 17.4 Å². The molecule has 1 heterocycles. The van der Waals surface area contributed by atoms with E-state index in [9.17, 15) is 0 Å². The maximum absolute atomic E-state index is 8.98. The molecule has 1 aromatic rings. The fraction of sp³-hybridized carbons (Fsp3) is 0.700. The molecule has 0 saturated heterocycles. The van der Waals surface area contributed by atoms with Crippen molar-refractivity contribution in [1.82, 2.24) is 4.57 Å². The molecule has 4 heteroatoms. The minimum absolute atomic E-state index is 0.327. The normalized spacial score (nSPS) is 13.1. The van der Waals surface area contributed by atoms with Gasteiger partial charge < -0.3 is 5.11 Å². The number of aliphatic hydroxyl groups is 1. The van der Waals surface area contributed by atoms with Crippen molar-refractivity contribution in [3.63, 3.8) is 0 Å². The largest absolute Gasteiger partial charge is 0.382 e. The van der Waals surface area contributed by atoms with Crippen molar-refractivity contribution < 1.29 is 9.67 Å². The lowest BCUT2D eigenvalue weighted by Gasteiger charge is -2.01. The maximum atomic E-state index is 8.98. The van der Waals surface area contributed by atoms with E-state index in [0.29, 0.717) is 0 Å². The van der Waals surface area contributed by atoms with E-state index >= 15 is 0 Å². The number of hydrogen-bond donors (Lipinski definition) is 1. The summed E-state index contributed by atoms with van der Waals surface area (Å²) in [6, 6.07) is 0. The first-order valence-corrected chi connectivity index (χ1v) is 5.93. The van der Waals surface area contributed by atoms with Gasteiger partial charge in [0, 0.05) is 0 Å². The Hall–Kier alpha value is -0.350. The van der Waals surface area contributed by atoms with Gasteiger partial charge in [-0.2, -0.15) is 0 Å². The minimum Gasteiger partial charge on any atom is -0.382 e. The highest BCUT2D eigenvalue weighted by Crippen LogP contribution is 2.08. The van der Waals surface area contributed by atoms with Gasteiger partial charge in [-0.3, -0.25) is 0 Å². The average Bonchev–Trinajstić information content (AvgIpc) is 2.50. The zero-order valence-corrected chi connectivity index (χ0v) is 10.2. The summed E-state index contributed by atoms with van der Waals surface area (Å²) >= 11 is 3.12. The van der Waals surface area contributed by atoms with Crippen LogP contribution in [0.4, 0.5) is 0 Å². The predicted molar refractivity (Wildman–Crippen MR) is 59.0 cm³/mol. The van der Waals surface area contributed by atoms with Gasteiger partial charge in [-0.25, -0.2) is 9.13 Å². The monoisotopic (exact) mass is 261 g/mol. The highest BCUT2D eigenvalue weighted by Gasteiger charge is 2.00. The topological polar surface area (TPSA) is 29.0 Å². The summed E-state index contributed by atoms with van der Waals surface area (Å²) in [4.78, 5) is 0. The molecule has 14 heavy (non-hydrogen) atoms. The Bertz CT molecular complexity index is 260. The summed E-state index contributed by atoms with van der Waals surface area (Å²) in [6.45, 7) is 1.07. The molecule has 0 bridgehead atoms. The Balaban J connectivity index is 2.04. The number of rotatable bonds is 6. The van der Waals surface area contributed by atoms with Gasteiger partial charge in [-0.15, -0.1) is 0 Å². The Labute approximate surface area is 93.5 Å². The standard InChI is InChI=1S/C10H18BrN2O/c1-12-7-8-13(9-12)6-4-2-3-5-10(11)14/h7-10,14H,2-6H2,1H3/q+1. The van der Waals surface area contributed by atoms with Crippen LogP contribution in [0.2, 0.25) is 0 Å². The highest BCUT2D eigenvalue weighted by molar-refractivity contribution is 9.09. The van der Waals surface area contributed by atoms with Gasteiger partial charge in [0.15, 0.2) is 0 Å². The summed E-state index contributed by atoms with van der Waals surface area (Å²) in [6.07, 6.45) is 10.5. The van der Waals surface area contributed by atoms with Crippen LogP contribution in [0.5, 0.6) is 0 Å². The van der Waals surface area contributed by atoms with Crippen molar-refractivity contribution in [1.29, 1.82) is 0 Å². The molecule has 1 aromatic heterocycles. The number of alkyl halides is 1. The van der Waals surface area contributed by atoms with Gasteiger partial charge in [-0.1, -0.05) is 15.9 Å². The summed E-state index contributed by atoms with van der Waals surface area (Å²) in [5.74, 6) is 0. The van der Waals surface area contributed by atoms with Crippen LogP contribution in [0.15, 0.2) is 18.7 Å². The molecule has 0 radical (unpaired) electrons. The SMILES string of the molecule is C[n+]1ccn(CCCCCC(O)Br)c1. The summed E-state index contributed by atoms with van der Waals surface area (Å²) in [5, 5.41) is 8.65. The highest BCUT2D eigenvalue weighted by atomic mass is 79.9. The van der Waals surface area contributed by atoms with E-state index in [2.05, 4.69) is 33.0 Å². The number of aryl methyl sites for hydroxylation is 2. The van der Waals surface area contributed by atoms with Crippen LogP contribution in [-0.2, 0) is 13.6 Å². The number of imidazole rings is 1. The molecule has 1 atom stereocenters. The Morgan fingerprint density at radius 1 is 1.43 bits per heavy atom. The molecule has 3 nitrogen and oxygen atoms in total. The van der Waals surface area contributed by atoms with E-state index < -0.39 is 0 Å². The molecule has 0 spiro atoms. The molecular weight excluding hydrogens is 244 g/mol.